The molecule has 0 aliphatic heterocycles. The maximum atomic E-state index is 11.7. The van der Waals surface area contributed by atoms with Gasteiger partial charge in [0.05, 0.1) is 0 Å². The van der Waals surface area contributed by atoms with Crippen molar-refractivity contribution in [3.63, 3.8) is 0 Å². The topological polar surface area (TPSA) is 56.7 Å². The van der Waals surface area contributed by atoms with E-state index in [-0.39, 0.29) is 36.4 Å². The van der Waals surface area contributed by atoms with Crippen molar-refractivity contribution >= 4 is 47.6 Å². The first-order chi connectivity index (χ1) is 11.6. The molecule has 1 aromatic rings. The van der Waals surface area contributed by atoms with Crippen molar-refractivity contribution in [2.24, 2.45) is 4.99 Å². The largest absolute Gasteiger partial charge is 0.356 e. The van der Waals surface area contributed by atoms with Crippen LogP contribution in [0.3, 0.4) is 0 Å². The van der Waals surface area contributed by atoms with E-state index in [1.807, 2.05) is 24.3 Å². The van der Waals surface area contributed by atoms with Crippen LogP contribution >= 0.6 is 35.7 Å². The highest BCUT2D eigenvalue weighted by molar-refractivity contribution is 14.0. The Hall–Kier alpha value is -1.22. The van der Waals surface area contributed by atoms with Gasteiger partial charge >= 0.3 is 0 Å². The number of halogens is 1. The van der Waals surface area contributed by atoms with E-state index < -0.39 is 0 Å². The van der Waals surface area contributed by atoms with Gasteiger partial charge in [-0.25, -0.2) is 4.99 Å². The molecule has 0 heterocycles. The molecule has 0 bridgehead atoms. The van der Waals surface area contributed by atoms with Gasteiger partial charge in [-0.1, -0.05) is 36.4 Å². The molecule has 140 valence electrons. The van der Waals surface area contributed by atoms with Crippen LogP contribution in [0.4, 0.5) is 0 Å². The molecule has 0 aromatic heterocycles. The number of amides is 1. The zero-order valence-electron chi connectivity index (χ0n) is 15.0. The minimum atomic E-state index is -0.0137. The van der Waals surface area contributed by atoms with Gasteiger partial charge in [-0.3, -0.25) is 4.79 Å². The lowest BCUT2D eigenvalue weighted by atomic mass is 10.1. The Kier molecular flexibility index (Phi) is 14.3. The number of rotatable bonds is 10. The van der Waals surface area contributed by atoms with Crippen molar-refractivity contribution in [1.82, 2.24) is 15.5 Å². The second-order valence-electron chi connectivity index (χ2n) is 5.41. The highest BCUT2D eigenvalue weighted by Gasteiger charge is 2.04. The Morgan fingerprint density at radius 2 is 1.92 bits per heavy atom. The number of nitrogens with one attached hydrogen (secondary N) is 2. The van der Waals surface area contributed by atoms with Crippen LogP contribution in [0.15, 0.2) is 48.0 Å². The van der Waals surface area contributed by atoms with Crippen LogP contribution in [0.1, 0.15) is 5.56 Å². The lowest BCUT2D eigenvalue weighted by molar-refractivity contribution is -0.127. The third-order valence-corrected chi connectivity index (χ3v) is 4.16. The number of nitrogens with zero attached hydrogens (tertiary/aromatic N) is 2. The second kappa shape index (κ2) is 15.1. The molecule has 1 amide bonds. The molecule has 0 fully saturated rings. The minimum absolute atomic E-state index is 0. The first-order valence-electron chi connectivity index (χ1n) is 8.08. The normalized spacial score (nSPS) is 10.6. The molecule has 1 aromatic carbocycles. The Bertz CT molecular complexity index is 523. The van der Waals surface area contributed by atoms with Gasteiger partial charge in [-0.15, -0.1) is 30.6 Å². The summed E-state index contributed by atoms with van der Waals surface area (Å²) in [6.45, 7) is 5.42. The average molecular weight is 476 g/mol. The van der Waals surface area contributed by atoms with E-state index in [4.69, 9.17) is 0 Å². The molecular formula is C18H29IN4OS. The first kappa shape index (κ1) is 23.8. The summed E-state index contributed by atoms with van der Waals surface area (Å²) in [5.41, 5.74) is 1.27. The van der Waals surface area contributed by atoms with Crippen LogP contribution in [-0.4, -0.2) is 62.0 Å². The fourth-order valence-electron chi connectivity index (χ4n) is 1.84. The molecule has 1 rings (SSSR count). The van der Waals surface area contributed by atoms with Crippen molar-refractivity contribution in [3.05, 3.63) is 48.6 Å². The number of guanidine groups is 1. The van der Waals surface area contributed by atoms with E-state index in [0.29, 0.717) is 5.96 Å². The fraction of sp³-hybridized carbons (Fsp3) is 0.444. The molecule has 0 radical (unpaired) electrons. The molecule has 25 heavy (non-hydrogen) atoms. The van der Waals surface area contributed by atoms with Crippen LogP contribution in [0.2, 0.25) is 0 Å². The van der Waals surface area contributed by atoms with E-state index in [1.165, 1.54) is 5.56 Å². The van der Waals surface area contributed by atoms with Gasteiger partial charge in [0.15, 0.2) is 5.96 Å². The summed E-state index contributed by atoms with van der Waals surface area (Å²) in [6, 6.07) is 10.3. The van der Waals surface area contributed by atoms with Crippen LogP contribution in [0.5, 0.6) is 0 Å². The van der Waals surface area contributed by atoms with Crippen molar-refractivity contribution in [3.8, 4) is 0 Å². The van der Waals surface area contributed by atoms with Crippen LogP contribution in [0, 0.1) is 0 Å². The highest BCUT2D eigenvalue weighted by Crippen LogP contribution is 1.99. The Morgan fingerprint density at radius 3 is 2.56 bits per heavy atom. The van der Waals surface area contributed by atoms with Gasteiger partial charge in [-0.05, 0) is 12.0 Å². The van der Waals surface area contributed by atoms with Gasteiger partial charge in [-0.2, -0.15) is 11.8 Å². The Balaban J connectivity index is 0.00000576. The van der Waals surface area contributed by atoms with E-state index in [9.17, 15) is 4.79 Å². The predicted octanol–water partition coefficient (Wildman–Crippen LogP) is 2.39. The summed E-state index contributed by atoms with van der Waals surface area (Å²) in [5.74, 6) is 2.57. The van der Waals surface area contributed by atoms with Gasteiger partial charge < -0.3 is 15.5 Å². The highest BCUT2D eigenvalue weighted by atomic mass is 127. The third-order valence-electron chi connectivity index (χ3n) is 3.19. The summed E-state index contributed by atoms with van der Waals surface area (Å²) >= 11 is 1.81. The summed E-state index contributed by atoms with van der Waals surface area (Å²) in [5, 5.41) is 6.56. The number of carbonyl (C=O) groups excluding carboxylic acids is 1. The van der Waals surface area contributed by atoms with Gasteiger partial charge in [0.1, 0.15) is 6.54 Å². The van der Waals surface area contributed by atoms with Gasteiger partial charge in [0.2, 0.25) is 5.91 Å². The maximum Gasteiger partial charge on any atom is 0.243 e. The standard InChI is InChI=1S/C18H28N4OS.HI/c1-4-13-24-14-12-20-18(21-15-17(23)22(2)3)19-11-10-16-8-6-5-7-9-16;/h4-9H,1,10-15H2,2-3H3,(H2,19,20,21);1H. The van der Waals surface area contributed by atoms with Crippen LogP contribution < -0.4 is 10.6 Å². The smallest absolute Gasteiger partial charge is 0.243 e. The molecule has 0 atom stereocenters. The summed E-state index contributed by atoms with van der Waals surface area (Å²) < 4.78 is 0. The molecule has 0 aliphatic rings. The lowest BCUT2D eigenvalue weighted by Crippen LogP contribution is -2.40. The number of benzene rings is 1. The van der Waals surface area contributed by atoms with E-state index in [1.54, 1.807) is 30.8 Å². The monoisotopic (exact) mass is 476 g/mol. The SMILES string of the molecule is C=CCSCCNC(=NCC(=O)N(C)C)NCCc1ccccc1.I. The maximum absolute atomic E-state index is 11.7. The Labute approximate surface area is 172 Å². The molecular weight excluding hydrogens is 447 g/mol. The number of likely N-dealkylation sites (N-methyl/N-ethyl adjacent to an activating group) is 1. The van der Waals surface area contributed by atoms with Gasteiger partial charge in [0.25, 0.3) is 0 Å². The van der Waals surface area contributed by atoms with E-state index in [2.05, 4.69) is 34.3 Å². The minimum Gasteiger partial charge on any atom is -0.356 e. The predicted molar refractivity (Wildman–Crippen MR) is 120 cm³/mol. The van der Waals surface area contributed by atoms with E-state index in [0.717, 1.165) is 31.0 Å². The first-order valence-corrected chi connectivity index (χ1v) is 9.24. The number of hydrogen-bond acceptors (Lipinski definition) is 3. The molecule has 0 unspecified atom stereocenters. The zero-order chi connectivity index (χ0) is 17.6. The van der Waals surface area contributed by atoms with E-state index >= 15 is 0 Å². The number of aliphatic imine (C=N–C) groups is 1. The number of thioether (sulfide) groups is 1. The van der Waals surface area contributed by atoms with Crippen molar-refractivity contribution in [1.29, 1.82) is 0 Å². The summed E-state index contributed by atoms with van der Waals surface area (Å²) in [4.78, 5) is 17.6. The summed E-state index contributed by atoms with van der Waals surface area (Å²) in [6.07, 6.45) is 2.81. The quantitative estimate of drug-likeness (QED) is 0.179. The van der Waals surface area contributed by atoms with Crippen LogP contribution in [0.25, 0.3) is 0 Å². The molecule has 0 saturated heterocycles. The second-order valence-corrected chi connectivity index (χ2v) is 6.56. The van der Waals surface area contributed by atoms with Crippen molar-refractivity contribution in [2.75, 3.05) is 45.2 Å². The third kappa shape index (κ3) is 11.9. The molecule has 0 spiro atoms. The fourth-order valence-corrected chi connectivity index (χ4v) is 2.42. The summed E-state index contributed by atoms with van der Waals surface area (Å²) in [7, 11) is 3.47. The zero-order valence-corrected chi connectivity index (χ0v) is 18.2. The number of carbonyl (C=O) groups is 1. The molecule has 0 saturated carbocycles. The van der Waals surface area contributed by atoms with Gasteiger partial charge in [0, 0.05) is 38.7 Å². The molecule has 5 nitrogen and oxygen atoms in total. The van der Waals surface area contributed by atoms with Crippen molar-refractivity contribution < 1.29 is 4.79 Å². The molecule has 2 N–H and O–H groups in total. The van der Waals surface area contributed by atoms with Crippen molar-refractivity contribution in [2.45, 2.75) is 6.42 Å². The molecule has 0 aliphatic carbocycles. The lowest BCUT2D eigenvalue weighted by Gasteiger charge is -2.13. The average Bonchev–Trinajstić information content (AvgIpc) is 2.59. The van der Waals surface area contributed by atoms with Crippen LogP contribution in [-0.2, 0) is 11.2 Å². The molecule has 7 heteroatoms. The Morgan fingerprint density at radius 1 is 1.24 bits per heavy atom. The number of hydrogen-bond donors (Lipinski definition) is 2.